The van der Waals surface area contributed by atoms with E-state index in [1.807, 2.05) is 0 Å². The zero-order chi connectivity index (χ0) is 24.0. The number of benzene rings is 3. The molecule has 3 rings (SSSR count). The first-order valence-corrected chi connectivity index (χ1v) is 12.0. The van der Waals surface area contributed by atoms with Crippen molar-refractivity contribution < 1.29 is 27.4 Å². The molecule has 0 aliphatic heterocycles. The molecule has 3 aromatic carbocycles. The molecule has 0 saturated carbocycles. The second-order valence-corrected chi connectivity index (χ2v) is 9.56. The lowest BCUT2D eigenvalue weighted by Crippen LogP contribution is -2.38. The predicted molar refractivity (Wildman–Crippen MR) is 130 cm³/mol. The van der Waals surface area contributed by atoms with Crippen LogP contribution in [0.1, 0.15) is 0 Å². The van der Waals surface area contributed by atoms with E-state index in [9.17, 15) is 13.2 Å². The summed E-state index contributed by atoms with van der Waals surface area (Å²) in [4.78, 5) is 12.8. The van der Waals surface area contributed by atoms with Crippen molar-refractivity contribution in [3.8, 4) is 17.2 Å². The Kier molecular flexibility index (Phi) is 7.83. The Morgan fingerprint density at radius 2 is 1.52 bits per heavy atom. The highest BCUT2D eigenvalue weighted by molar-refractivity contribution is 9.10. The van der Waals surface area contributed by atoms with E-state index in [-0.39, 0.29) is 10.6 Å². The molecule has 33 heavy (non-hydrogen) atoms. The third-order valence-corrected chi connectivity index (χ3v) is 7.02. The Hall–Kier alpha value is -3.24. The fourth-order valence-electron chi connectivity index (χ4n) is 3.03. The van der Waals surface area contributed by atoms with Gasteiger partial charge in [0.05, 0.1) is 31.9 Å². The number of amides is 1. The summed E-state index contributed by atoms with van der Waals surface area (Å²) in [7, 11) is 0.254. The lowest BCUT2D eigenvalue weighted by atomic mass is 10.3. The molecule has 3 aromatic rings. The van der Waals surface area contributed by atoms with Crippen molar-refractivity contribution in [1.82, 2.24) is 0 Å². The minimum atomic E-state index is -4.14. The van der Waals surface area contributed by atoms with Crippen LogP contribution in [-0.2, 0) is 14.8 Å². The summed E-state index contributed by atoms with van der Waals surface area (Å²) in [5, 5.41) is 2.72. The maximum Gasteiger partial charge on any atom is 0.264 e. The Morgan fingerprint density at radius 1 is 0.879 bits per heavy atom. The van der Waals surface area contributed by atoms with Gasteiger partial charge in [0.1, 0.15) is 12.3 Å². The van der Waals surface area contributed by atoms with Crippen molar-refractivity contribution in [3.63, 3.8) is 0 Å². The first kappa shape index (κ1) is 24.4. The monoisotopic (exact) mass is 534 g/mol. The van der Waals surface area contributed by atoms with Crippen molar-refractivity contribution in [3.05, 3.63) is 71.2 Å². The summed E-state index contributed by atoms with van der Waals surface area (Å²) in [5.74, 6) is 0.701. The van der Waals surface area contributed by atoms with E-state index in [1.165, 1.54) is 39.5 Å². The van der Waals surface area contributed by atoms with Gasteiger partial charge in [-0.3, -0.25) is 9.10 Å². The molecule has 174 valence electrons. The molecule has 10 heteroatoms. The molecule has 0 atom stereocenters. The van der Waals surface area contributed by atoms with Crippen molar-refractivity contribution in [1.29, 1.82) is 0 Å². The molecule has 0 aliphatic carbocycles. The van der Waals surface area contributed by atoms with Crippen LogP contribution in [-0.4, -0.2) is 42.2 Å². The number of sulfonamides is 1. The van der Waals surface area contributed by atoms with Crippen LogP contribution in [0.3, 0.4) is 0 Å². The Morgan fingerprint density at radius 3 is 2.09 bits per heavy atom. The Labute approximate surface area is 201 Å². The van der Waals surface area contributed by atoms with Crippen LogP contribution in [0.5, 0.6) is 17.2 Å². The first-order chi connectivity index (χ1) is 15.8. The highest BCUT2D eigenvalue weighted by atomic mass is 79.9. The highest BCUT2D eigenvalue weighted by Crippen LogP contribution is 2.32. The van der Waals surface area contributed by atoms with Crippen molar-refractivity contribution in [2.75, 3.05) is 37.5 Å². The van der Waals surface area contributed by atoms with Gasteiger partial charge in [-0.2, -0.15) is 0 Å². The van der Waals surface area contributed by atoms with Gasteiger partial charge < -0.3 is 19.5 Å². The molecule has 0 radical (unpaired) electrons. The molecule has 0 heterocycles. The number of nitrogens with one attached hydrogen (secondary N) is 1. The quantitative estimate of drug-likeness (QED) is 0.439. The van der Waals surface area contributed by atoms with Gasteiger partial charge in [-0.15, -0.1) is 0 Å². The number of hydrogen-bond donors (Lipinski definition) is 1. The largest absolute Gasteiger partial charge is 0.497 e. The van der Waals surface area contributed by atoms with Crippen LogP contribution >= 0.6 is 15.9 Å². The summed E-state index contributed by atoms with van der Waals surface area (Å²) >= 11 is 3.34. The number of anilines is 2. The molecule has 1 amide bonds. The van der Waals surface area contributed by atoms with E-state index in [1.54, 1.807) is 48.5 Å². The lowest BCUT2D eigenvalue weighted by molar-refractivity contribution is -0.114. The average Bonchev–Trinajstić information content (AvgIpc) is 2.83. The molecule has 1 N–H and O–H groups in total. The maximum atomic E-state index is 13.6. The number of halogens is 1. The van der Waals surface area contributed by atoms with E-state index in [2.05, 4.69) is 21.2 Å². The standard InChI is InChI=1S/C23H23BrN2O6S/c1-30-19-10-8-18(9-11-19)26(15-23(27)25-17-6-4-16(24)5-7-17)33(28,29)20-12-13-21(31-2)22(14-20)32-3/h4-14H,15H2,1-3H3,(H,25,27). The summed E-state index contributed by atoms with van der Waals surface area (Å²) in [6.07, 6.45) is 0. The molecule has 0 saturated heterocycles. The van der Waals surface area contributed by atoms with Gasteiger partial charge in [0.15, 0.2) is 11.5 Å². The third-order valence-electron chi connectivity index (χ3n) is 4.72. The SMILES string of the molecule is COc1ccc(N(CC(=O)Nc2ccc(Br)cc2)S(=O)(=O)c2ccc(OC)c(OC)c2)cc1. The second-order valence-electron chi connectivity index (χ2n) is 6.78. The van der Waals surface area contributed by atoms with E-state index >= 15 is 0 Å². The molecule has 0 fully saturated rings. The third kappa shape index (κ3) is 5.77. The second kappa shape index (κ2) is 10.6. The van der Waals surface area contributed by atoms with Crippen molar-refractivity contribution in [2.45, 2.75) is 4.90 Å². The van der Waals surface area contributed by atoms with Crippen LogP contribution in [0.4, 0.5) is 11.4 Å². The number of rotatable bonds is 9. The normalized spacial score (nSPS) is 10.9. The number of nitrogens with zero attached hydrogens (tertiary/aromatic N) is 1. The van der Waals surface area contributed by atoms with Crippen LogP contribution in [0, 0.1) is 0 Å². The molecule has 0 bridgehead atoms. The van der Waals surface area contributed by atoms with Gasteiger partial charge in [-0.1, -0.05) is 15.9 Å². The minimum Gasteiger partial charge on any atom is -0.497 e. The molecule has 0 aliphatic rings. The van der Waals surface area contributed by atoms with E-state index in [0.29, 0.717) is 22.9 Å². The molecule has 0 spiro atoms. The first-order valence-electron chi connectivity index (χ1n) is 9.72. The number of hydrogen-bond acceptors (Lipinski definition) is 6. The van der Waals surface area contributed by atoms with Gasteiger partial charge in [-0.05, 0) is 60.7 Å². The lowest BCUT2D eigenvalue weighted by Gasteiger charge is -2.24. The summed E-state index contributed by atoms with van der Waals surface area (Å²) in [6, 6.07) is 17.6. The van der Waals surface area contributed by atoms with Gasteiger partial charge in [0.2, 0.25) is 5.91 Å². The van der Waals surface area contributed by atoms with Crippen LogP contribution < -0.4 is 23.8 Å². The number of carbonyl (C=O) groups is 1. The number of carbonyl (C=O) groups excluding carboxylic acids is 1. The molecular formula is C23H23BrN2O6S. The Balaban J connectivity index is 1.98. The van der Waals surface area contributed by atoms with E-state index in [4.69, 9.17) is 14.2 Å². The summed E-state index contributed by atoms with van der Waals surface area (Å²) in [6.45, 7) is -0.445. The topological polar surface area (TPSA) is 94.2 Å². The smallest absolute Gasteiger partial charge is 0.264 e. The van der Waals surface area contributed by atoms with Crippen molar-refractivity contribution in [2.24, 2.45) is 0 Å². The zero-order valence-corrected chi connectivity index (χ0v) is 20.6. The van der Waals surface area contributed by atoms with E-state index < -0.39 is 22.5 Å². The van der Waals surface area contributed by atoms with Crippen LogP contribution in [0.15, 0.2) is 76.1 Å². The number of ether oxygens (including phenoxy) is 3. The fraction of sp³-hybridized carbons (Fsp3) is 0.174. The molecule has 0 aromatic heterocycles. The van der Waals surface area contributed by atoms with Crippen LogP contribution in [0.2, 0.25) is 0 Å². The summed E-state index contributed by atoms with van der Waals surface area (Å²) in [5.41, 5.74) is 0.845. The predicted octanol–water partition coefficient (Wildman–Crippen LogP) is 4.31. The fourth-order valence-corrected chi connectivity index (χ4v) is 4.73. The number of methoxy groups -OCH3 is 3. The van der Waals surface area contributed by atoms with Crippen molar-refractivity contribution >= 4 is 43.2 Å². The average molecular weight is 535 g/mol. The van der Waals surface area contributed by atoms with Gasteiger partial charge in [0.25, 0.3) is 10.0 Å². The van der Waals surface area contributed by atoms with Gasteiger partial charge in [-0.25, -0.2) is 8.42 Å². The molecule has 8 nitrogen and oxygen atoms in total. The summed E-state index contributed by atoms with van der Waals surface area (Å²) < 4.78 is 44.7. The molecule has 0 unspecified atom stereocenters. The maximum absolute atomic E-state index is 13.6. The minimum absolute atomic E-state index is 0.0487. The van der Waals surface area contributed by atoms with Gasteiger partial charge >= 0.3 is 0 Å². The Bertz CT molecular complexity index is 1210. The van der Waals surface area contributed by atoms with E-state index in [0.717, 1.165) is 8.78 Å². The zero-order valence-electron chi connectivity index (χ0n) is 18.2. The van der Waals surface area contributed by atoms with Crippen LogP contribution in [0.25, 0.3) is 0 Å². The highest BCUT2D eigenvalue weighted by Gasteiger charge is 2.28. The molecular weight excluding hydrogens is 512 g/mol. The van der Waals surface area contributed by atoms with Gasteiger partial charge in [0, 0.05) is 16.2 Å².